The van der Waals surface area contributed by atoms with E-state index >= 15 is 0 Å². The van der Waals surface area contributed by atoms with Gasteiger partial charge >= 0.3 is 0 Å². The number of rotatable bonds is 6. The van der Waals surface area contributed by atoms with E-state index in [-0.39, 0.29) is 18.1 Å². The molecule has 0 saturated carbocycles. The van der Waals surface area contributed by atoms with Crippen molar-refractivity contribution in [3.63, 3.8) is 0 Å². The van der Waals surface area contributed by atoms with Gasteiger partial charge in [0.15, 0.2) is 5.82 Å². The zero-order chi connectivity index (χ0) is 21.8. The standard InChI is InChI=1S/C22H17F2N5O2/c1-14-26-27-28-29(14)18-9-10-20(24)21(12-18)25-22(30)16-3-2-4-19(11-16)31-13-15-5-7-17(23)8-6-15/h2-12H,13H2,1H3,(H,25,30). The summed E-state index contributed by atoms with van der Waals surface area (Å²) in [6, 6.07) is 16.6. The Morgan fingerprint density at radius 2 is 1.87 bits per heavy atom. The Labute approximate surface area is 176 Å². The molecule has 1 N–H and O–H groups in total. The predicted octanol–water partition coefficient (Wildman–Crippen LogP) is 4.08. The molecule has 0 bridgehead atoms. The van der Waals surface area contributed by atoms with Crippen LogP contribution in [0.5, 0.6) is 5.75 Å². The third-order valence-electron chi connectivity index (χ3n) is 4.48. The highest BCUT2D eigenvalue weighted by Crippen LogP contribution is 2.21. The third-order valence-corrected chi connectivity index (χ3v) is 4.48. The molecule has 4 aromatic rings. The van der Waals surface area contributed by atoms with E-state index in [4.69, 9.17) is 4.74 Å². The number of halogens is 2. The van der Waals surface area contributed by atoms with Crippen molar-refractivity contribution in [2.24, 2.45) is 0 Å². The van der Waals surface area contributed by atoms with Crippen molar-refractivity contribution in [2.75, 3.05) is 5.32 Å². The van der Waals surface area contributed by atoms with E-state index in [9.17, 15) is 13.6 Å². The molecule has 1 heterocycles. The molecule has 0 unspecified atom stereocenters. The van der Waals surface area contributed by atoms with Gasteiger partial charge in [-0.1, -0.05) is 18.2 Å². The van der Waals surface area contributed by atoms with Crippen LogP contribution in [-0.2, 0) is 6.61 Å². The van der Waals surface area contributed by atoms with Crippen LogP contribution in [0.25, 0.3) is 5.69 Å². The molecule has 9 heteroatoms. The summed E-state index contributed by atoms with van der Waals surface area (Å²) in [6.07, 6.45) is 0. The SMILES string of the molecule is Cc1nnnn1-c1ccc(F)c(NC(=O)c2cccc(OCc3ccc(F)cc3)c2)c1. The minimum absolute atomic E-state index is 0.00460. The highest BCUT2D eigenvalue weighted by Gasteiger charge is 2.13. The first-order valence-corrected chi connectivity index (χ1v) is 9.33. The maximum Gasteiger partial charge on any atom is 0.255 e. The number of carbonyl (C=O) groups is 1. The molecule has 31 heavy (non-hydrogen) atoms. The van der Waals surface area contributed by atoms with Gasteiger partial charge in [-0.05, 0) is 71.4 Å². The molecular weight excluding hydrogens is 404 g/mol. The van der Waals surface area contributed by atoms with Crippen LogP contribution in [0.3, 0.4) is 0 Å². The van der Waals surface area contributed by atoms with Crippen LogP contribution in [0.15, 0.2) is 66.7 Å². The lowest BCUT2D eigenvalue weighted by atomic mass is 10.2. The number of tetrazole rings is 1. The normalized spacial score (nSPS) is 10.7. The largest absolute Gasteiger partial charge is 0.489 e. The van der Waals surface area contributed by atoms with E-state index in [1.165, 1.54) is 35.0 Å². The average molecular weight is 421 g/mol. The fraction of sp³-hybridized carbons (Fsp3) is 0.0909. The molecule has 156 valence electrons. The summed E-state index contributed by atoms with van der Waals surface area (Å²) >= 11 is 0. The van der Waals surface area contributed by atoms with E-state index in [1.807, 2.05) is 0 Å². The van der Waals surface area contributed by atoms with Crippen molar-refractivity contribution in [1.29, 1.82) is 0 Å². The maximum atomic E-state index is 14.3. The van der Waals surface area contributed by atoms with Gasteiger partial charge in [-0.25, -0.2) is 8.78 Å². The second-order valence-corrected chi connectivity index (χ2v) is 6.70. The summed E-state index contributed by atoms with van der Waals surface area (Å²) in [5.74, 6) is -0.442. The molecule has 1 aromatic heterocycles. The molecule has 0 aliphatic rings. The van der Waals surface area contributed by atoms with E-state index in [0.29, 0.717) is 22.8 Å². The second-order valence-electron chi connectivity index (χ2n) is 6.70. The van der Waals surface area contributed by atoms with Crippen molar-refractivity contribution in [2.45, 2.75) is 13.5 Å². The molecule has 0 radical (unpaired) electrons. The van der Waals surface area contributed by atoms with Gasteiger partial charge in [0.2, 0.25) is 0 Å². The van der Waals surface area contributed by atoms with Crippen LogP contribution < -0.4 is 10.1 Å². The first kappa shape index (κ1) is 20.1. The molecule has 0 fully saturated rings. The number of nitrogens with zero attached hydrogens (tertiary/aromatic N) is 4. The minimum Gasteiger partial charge on any atom is -0.489 e. The number of nitrogens with one attached hydrogen (secondary N) is 1. The van der Waals surface area contributed by atoms with Crippen molar-refractivity contribution in [3.05, 3.63) is 95.3 Å². The Kier molecular flexibility index (Phi) is 5.65. The number of benzene rings is 3. The maximum absolute atomic E-state index is 14.3. The average Bonchev–Trinajstić information content (AvgIpc) is 3.21. The molecule has 0 aliphatic heterocycles. The molecular formula is C22H17F2N5O2. The third kappa shape index (κ3) is 4.72. The van der Waals surface area contributed by atoms with Crippen LogP contribution in [0.1, 0.15) is 21.7 Å². The lowest BCUT2D eigenvalue weighted by Crippen LogP contribution is -2.14. The van der Waals surface area contributed by atoms with Crippen LogP contribution in [0, 0.1) is 18.6 Å². The fourth-order valence-corrected chi connectivity index (χ4v) is 2.88. The predicted molar refractivity (Wildman–Crippen MR) is 109 cm³/mol. The van der Waals surface area contributed by atoms with E-state index in [0.717, 1.165) is 5.56 Å². The zero-order valence-corrected chi connectivity index (χ0v) is 16.4. The molecule has 0 aliphatic carbocycles. The quantitative estimate of drug-likeness (QED) is 0.507. The summed E-state index contributed by atoms with van der Waals surface area (Å²) in [6.45, 7) is 1.92. The van der Waals surface area contributed by atoms with Crippen molar-refractivity contribution in [3.8, 4) is 11.4 Å². The Bertz CT molecular complexity index is 1220. The smallest absolute Gasteiger partial charge is 0.255 e. The van der Waals surface area contributed by atoms with E-state index in [2.05, 4.69) is 20.8 Å². The van der Waals surface area contributed by atoms with Crippen molar-refractivity contribution in [1.82, 2.24) is 20.2 Å². The summed E-state index contributed by atoms with van der Waals surface area (Å²) in [5.41, 5.74) is 1.58. The zero-order valence-electron chi connectivity index (χ0n) is 16.4. The number of hydrogen-bond donors (Lipinski definition) is 1. The van der Waals surface area contributed by atoms with E-state index in [1.54, 1.807) is 43.3 Å². The number of ether oxygens (including phenoxy) is 1. The monoisotopic (exact) mass is 421 g/mol. The Morgan fingerprint density at radius 1 is 1.06 bits per heavy atom. The van der Waals surface area contributed by atoms with Gasteiger partial charge in [0.1, 0.15) is 24.0 Å². The van der Waals surface area contributed by atoms with Gasteiger partial charge in [0, 0.05) is 5.56 Å². The van der Waals surface area contributed by atoms with Crippen molar-refractivity contribution >= 4 is 11.6 Å². The summed E-state index contributed by atoms with van der Waals surface area (Å²) in [4.78, 5) is 12.7. The summed E-state index contributed by atoms with van der Waals surface area (Å²) in [7, 11) is 0. The number of anilines is 1. The van der Waals surface area contributed by atoms with Gasteiger partial charge < -0.3 is 10.1 Å². The summed E-state index contributed by atoms with van der Waals surface area (Å²) < 4.78 is 34.4. The number of carbonyl (C=O) groups excluding carboxylic acids is 1. The lowest BCUT2D eigenvalue weighted by molar-refractivity contribution is 0.102. The van der Waals surface area contributed by atoms with Gasteiger partial charge in [0.05, 0.1) is 11.4 Å². The molecule has 0 atom stereocenters. The lowest BCUT2D eigenvalue weighted by Gasteiger charge is -2.11. The minimum atomic E-state index is -0.591. The fourth-order valence-electron chi connectivity index (χ4n) is 2.88. The Hall–Kier alpha value is -4.14. The van der Waals surface area contributed by atoms with Crippen LogP contribution >= 0.6 is 0 Å². The number of hydrogen-bond acceptors (Lipinski definition) is 5. The van der Waals surface area contributed by atoms with Crippen LogP contribution in [0.4, 0.5) is 14.5 Å². The molecule has 3 aromatic carbocycles. The molecule has 0 spiro atoms. The molecule has 0 saturated heterocycles. The second kappa shape index (κ2) is 8.70. The highest BCUT2D eigenvalue weighted by atomic mass is 19.1. The first-order valence-electron chi connectivity index (χ1n) is 9.33. The number of aryl methyl sites for hydroxylation is 1. The molecule has 1 amide bonds. The van der Waals surface area contributed by atoms with Crippen LogP contribution in [0.2, 0.25) is 0 Å². The van der Waals surface area contributed by atoms with Gasteiger partial charge in [-0.2, -0.15) is 4.68 Å². The molecule has 7 nitrogen and oxygen atoms in total. The molecule has 4 rings (SSSR count). The van der Waals surface area contributed by atoms with Gasteiger partial charge in [-0.15, -0.1) is 5.10 Å². The van der Waals surface area contributed by atoms with Crippen LogP contribution in [-0.4, -0.2) is 26.1 Å². The van der Waals surface area contributed by atoms with Gasteiger partial charge in [-0.3, -0.25) is 4.79 Å². The first-order chi connectivity index (χ1) is 15.0. The van der Waals surface area contributed by atoms with Crippen molar-refractivity contribution < 1.29 is 18.3 Å². The number of amides is 1. The Morgan fingerprint density at radius 3 is 2.61 bits per heavy atom. The number of aromatic nitrogens is 4. The summed E-state index contributed by atoms with van der Waals surface area (Å²) in [5, 5.41) is 13.8. The van der Waals surface area contributed by atoms with E-state index < -0.39 is 11.7 Å². The topological polar surface area (TPSA) is 81.9 Å². The Balaban J connectivity index is 1.48. The highest BCUT2D eigenvalue weighted by molar-refractivity contribution is 6.04. The van der Waals surface area contributed by atoms with Gasteiger partial charge in [0.25, 0.3) is 5.91 Å².